The summed E-state index contributed by atoms with van der Waals surface area (Å²) in [7, 11) is 0. The van der Waals surface area contributed by atoms with Gasteiger partial charge in [-0.1, -0.05) is 60.1 Å². The molecule has 0 bridgehead atoms. The third-order valence-corrected chi connectivity index (χ3v) is 6.10. The van der Waals surface area contributed by atoms with Crippen LogP contribution in [0.25, 0.3) is 11.0 Å². The third-order valence-electron chi connectivity index (χ3n) is 4.59. The van der Waals surface area contributed by atoms with Crippen LogP contribution >= 0.6 is 23.4 Å². The van der Waals surface area contributed by atoms with Crippen LogP contribution in [0.3, 0.4) is 0 Å². The Labute approximate surface area is 178 Å². The second-order valence-corrected chi connectivity index (χ2v) is 8.10. The third kappa shape index (κ3) is 5.00. The van der Waals surface area contributed by atoms with Crippen molar-refractivity contribution in [3.05, 3.63) is 95.3 Å². The molecule has 0 aliphatic carbocycles. The maximum absolute atomic E-state index is 12.1. The number of imidazole rings is 1. The summed E-state index contributed by atoms with van der Waals surface area (Å²) in [5.41, 5.74) is 4.39. The lowest BCUT2D eigenvalue weighted by atomic mass is 10.1. The van der Waals surface area contributed by atoms with Crippen LogP contribution in [0.2, 0.25) is 5.02 Å². The average molecular weight is 422 g/mol. The molecular weight excluding hydrogens is 402 g/mol. The van der Waals surface area contributed by atoms with Crippen molar-refractivity contribution >= 4 is 40.3 Å². The largest absolute Gasteiger partial charge is 0.351 e. The average Bonchev–Trinajstić information content (AvgIpc) is 3.15. The normalized spacial score (nSPS) is 10.9. The van der Waals surface area contributed by atoms with Crippen LogP contribution in [0.1, 0.15) is 11.1 Å². The molecule has 1 aromatic heterocycles. The molecule has 0 radical (unpaired) electrons. The minimum atomic E-state index is -0.0103. The fourth-order valence-corrected chi connectivity index (χ4v) is 4.12. The van der Waals surface area contributed by atoms with E-state index in [1.807, 2.05) is 48.8 Å². The molecule has 1 heterocycles. The second kappa shape index (κ2) is 9.16. The molecule has 6 heteroatoms. The topological polar surface area (TPSA) is 46.9 Å². The first-order valence-corrected chi connectivity index (χ1v) is 10.7. The minimum absolute atomic E-state index is 0.0103. The number of nitrogens with one attached hydrogen (secondary N) is 1. The molecule has 0 atom stereocenters. The maximum atomic E-state index is 12.1. The summed E-state index contributed by atoms with van der Waals surface area (Å²) in [4.78, 5) is 17.5. The van der Waals surface area contributed by atoms with E-state index in [2.05, 4.69) is 45.2 Å². The highest BCUT2D eigenvalue weighted by molar-refractivity contribution is 8.00. The molecule has 0 saturated heterocycles. The van der Waals surface area contributed by atoms with Gasteiger partial charge >= 0.3 is 0 Å². The van der Waals surface area contributed by atoms with Gasteiger partial charge < -0.3 is 9.88 Å². The molecule has 4 nitrogen and oxygen atoms in total. The van der Waals surface area contributed by atoms with Crippen LogP contribution in [0, 0.1) is 0 Å². The summed E-state index contributed by atoms with van der Waals surface area (Å²) in [6.45, 7) is 1.28. The van der Waals surface area contributed by atoms with E-state index < -0.39 is 0 Å². The van der Waals surface area contributed by atoms with Gasteiger partial charge in [-0.15, -0.1) is 11.8 Å². The summed E-state index contributed by atoms with van der Waals surface area (Å²) < 4.78 is 2.14. The minimum Gasteiger partial charge on any atom is -0.351 e. The molecule has 4 aromatic rings. The first kappa shape index (κ1) is 19.6. The standard InChI is InChI=1S/C23H20ClN3OS/c24-19-5-1-4-8-22(19)29-15-23(28)25-13-17-9-11-18(12-10-17)14-27-16-26-20-6-2-3-7-21(20)27/h1-12,16H,13-15H2,(H,25,28). The van der Waals surface area contributed by atoms with Crippen molar-refractivity contribution in [2.45, 2.75) is 18.0 Å². The van der Waals surface area contributed by atoms with Crippen LogP contribution < -0.4 is 5.32 Å². The monoisotopic (exact) mass is 421 g/mol. The Morgan fingerprint density at radius 2 is 1.69 bits per heavy atom. The van der Waals surface area contributed by atoms with E-state index in [4.69, 9.17) is 11.6 Å². The number of amides is 1. The zero-order chi connectivity index (χ0) is 20.1. The van der Waals surface area contributed by atoms with Crippen LogP contribution in [0.4, 0.5) is 0 Å². The van der Waals surface area contributed by atoms with Crippen molar-refractivity contribution in [1.82, 2.24) is 14.9 Å². The van der Waals surface area contributed by atoms with Gasteiger partial charge in [0.1, 0.15) is 0 Å². The number of halogens is 1. The smallest absolute Gasteiger partial charge is 0.230 e. The zero-order valence-corrected chi connectivity index (χ0v) is 17.3. The predicted molar refractivity (Wildman–Crippen MR) is 119 cm³/mol. The number of hydrogen-bond donors (Lipinski definition) is 1. The van der Waals surface area contributed by atoms with E-state index in [1.54, 1.807) is 0 Å². The van der Waals surface area contributed by atoms with E-state index in [0.29, 0.717) is 17.3 Å². The molecule has 0 saturated carbocycles. The number of benzene rings is 3. The van der Waals surface area contributed by atoms with E-state index in [9.17, 15) is 4.79 Å². The molecule has 0 unspecified atom stereocenters. The fourth-order valence-electron chi connectivity index (χ4n) is 3.05. The summed E-state index contributed by atoms with van der Waals surface area (Å²) >= 11 is 7.56. The van der Waals surface area contributed by atoms with E-state index >= 15 is 0 Å². The van der Waals surface area contributed by atoms with Crippen LogP contribution in [0.15, 0.2) is 84.0 Å². The van der Waals surface area contributed by atoms with Gasteiger partial charge in [-0.05, 0) is 35.4 Å². The molecule has 3 aromatic carbocycles. The first-order valence-electron chi connectivity index (χ1n) is 9.31. The zero-order valence-electron chi connectivity index (χ0n) is 15.7. The molecule has 0 aliphatic heterocycles. The van der Waals surface area contributed by atoms with Gasteiger partial charge in [-0.3, -0.25) is 4.79 Å². The lowest BCUT2D eigenvalue weighted by molar-refractivity contribution is -0.118. The molecule has 0 aliphatic rings. The van der Waals surface area contributed by atoms with Crippen molar-refractivity contribution in [2.75, 3.05) is 5.75 Å². The maximum Gasteiger partial charge on any atom is 0.230 e. The Kier molecular flexibility index (Phi) is 6.17. The molecule has 4 rings (SSSR count). The van der Waals surface area contributed by atoms with Gasteiger partial charge in [0.05, 0.1) is 28.1 Å². The van der Waals surface area contributed by atoms with Crippen molar-refractivity contribution in [2.24, 2.45) is 0 Å². The lowest BCUT2D eigenvalue weighted by Crippen LogP contribution is -2.24. The summed E-state index contributed by atoms with van der Waals surface area (Å²) in [5, 5.41) is 3.63. The van der Waals surface area contributed by atoms with Crippen LogP contribution in [-0.4, -0.2) is 21.2 Å². The van der Waals surface area contributed by atoms with Gasteiger partial charge in [0.25, 0.3) is 0 Å². The van der Waals surface area contributed by atoms with Crippen LogP contribution in [0.5, 0.6) is 0 Å². The number of carbonyl (C=O) groups excluding carboxylic acids is 1. The van der Waals surface area contributed by atoms with Crippen molar-refractivity contribution in [3.8, 4) is 0 Å². The Morgan fingerprint density at radius 3 is 2.52 bits per heavy atom. The van der Waals surface area contributed by atoms with Crippen LogP contribution in [-0.2, 0) is 17.9 Å². The van der Waals surface area contributed by atoms with Gasteiger partial charge in [0.15, 0.2) is 0 Å². The van der Waals surface area contributed by atoms with E-state index in [1.165, 1.54) is 17.3 Å². The summed E-state index contributed by atoms with van der Waals surface area (Å²) in [5.74, 6) is 0.332. The van der Waals surface area contributed by atoms with E-state index in [-0.39, 0.29) is 5.91 Å². The van der Waals surface area contributed by atoms with Gasteiger partial charge in [-0.25, -0.2) is 4.98 Å². The highest BCUT2D eigenvalue weighted by atomic mass is 35.5. The number of nitrogens with zero attached hydrogens (tertiary/aromatic N) is 2. The number of carbonyl (C=O) groups is 1. The van der Waals surface area contributed by atoms with Gasteiger partial charge in [0.2, 0.25) is 5.91 Å². The van der Waals surface area contributed by atoms with Crippen molar-refractivity contribution < 1.29 is 4.79 Å². The Balaban J connectivity index is 1.29. The number of para-hydroxylation sites is 2. The number of rotatable bonds is 7. The predicted octanol–water partition coefficient (Wildman–Crippen LogP) is 5.15. The molecule has 0 fully saturated rings. The molecule has 1 amide bonds. The highest BCUT2D eigenvalue weighted by Crippen LogP contribution is 2.26. The van der Waals surface area contributed by atoms with Gasteiger partial charge in [0, 0.05) is 18.0 Å². The number of thioether (sulfide) groups is 1. The fraction of sp³-hybridized carbons (Fsp3) is 0.130. The molecular formula is C23H20ClN3OS. The second-order valence-electron chi connectivity index (χ2n) is 6.67. The Hall–Kier alpha value is -2.76. The summed E-state index contributed by atoms with van der Waals surface area (Å²) in [6, 6.07) is 23.9. The highest BCUT2D eigenvalue weighted by Gasteiger charge is 2.06. The van der Waals surface area contributed by atoms with Gasteiger partial charge in [-0.2, -0.15) is 0 Å². The molecule has 0 spiro atoms. The number of aromatic nitrogens is 2. The number of hydrogen-bond acceptors (Lipinski definition) is 3. The van der Waals surface area contributed by atoms with Crippen molar-refractivity contribution in [1.29, 1.82) is 0 Å². The molecule has 146 valence electrons. The first-order chi connectivity index (χ1) is 14.2. The Bertz CT molecular complexity index is 1120. The lowest BCUT2D eigenvalue weighted by Gasteiger charge is -2.08. The molecule has 1 N–H and O–H groups in total. The summed E-state index contributed by atoms with van der Waals surface area (Å²) in [6.07, 6.45) is 1.87. The quantitative estimate of drug-likeness (QED) is 0.420. The van der Waals surface area contributed by atoms with Crippen molar-refractivity contribution in [3.63, 3.8) is 0 Å². The SMILES string of the molecule is O=C(CSc1ccccc1Cl)NCc1ccc(Cn2cnc3ccccc32)cc1. The Morgan fingerprint density at radius 1 is 0.966 bits per heavy atom. The van der Waals surface area contributed by atoms with E-state index in [0.717, 1.165) is 28.0 Å². The molecule has 29 heavy (non-hydrogen) atoms. The number of fused-ring (bicyclic) bond motifs is 1.